The van der Waals surface area contributed by atoms with Crippen LogP contribution in [0.4, 0.5) is 0 Å². The molecule has 0 saturated carbocycles. The molecule has 0 aliphatic carbocycles. The van der Waals surface area contributed by atoms with E-state index in [2.05, 4.69) is 6.07 Å². The molecule has 17 heavy (non-hydrogen) atoms. The SMILES string of the molecule is COC(=O)c1cc2c3ccccc3ccn2c1. The van der Waals surface area contributed by atoms with Crippen molar-refractivity contribution in [2.24, 2.45) is 0 Å². The van der Waals surface area contributed by atoms with Crippen LogP contribution in [-0.4, -0.2) is 17.5 Å². The highest BCUT2D eigenvalue weighted by atomic mass is 16.5. The Labute approximate surface area is 98.2 Å². The number of aromatic nitrogens is 1. The van der Waals surface area contributed by atoms with E-state index in [1.165, 1.54) is 7.11 Å². The van der Waals surface area contributed by atoms with Crippen molar-refractivity contribution in [1.82, 2.24) is 4.40 Å². The van der Waals surface area contributed by atoms with Gasteiger partial charge in [-0.2, -0.15) is 0 Å². The van der Waals surface area contributed by atoms with Crippen molar-refractivity contribution in [1.29, 1.82) is 0 Å². The summed E-state index contributed by atoms with van der Waals surface area (Å²) < 4.78 is 6.66. The largest absolute Gasteiger partial charge is 0.465 e. The summed E-state index contributed by atoms with van der Waals surface area (Å²) in [6.45, 7) is 0. The first kappa shape index (κ1) is 9.90. The van der Waals surface area contributed by atoms with Gasteiger partial charge in [-0.3, -0.25) is 0 Å². The predicted octanol–water partition coefficient (Wildman–Crippen LogP) is 2.88. The Morgan fingerprint density at radius 2 is 2.06 bits per heavy atom. The molecule has 2 aromatic heterocycles. The summed E-state index contributed by atoms with van der Waals surface area (Å²) in [5.74, 6) is -0.308. The number of carbonyl (C=O) groups excluding carboxylic acids is 1. The lowest BCUT2D eigenvalue weighted by atomic mass is 10.1. The first-order valence-corrected chi connectivity index (χ1v) is 5.37. The number of carbonyl (C=O) groups is 1. The van der Waals surface area contributed by atoms with Crippen molar-refractivity contribution in [3.05, 3.63) is 54.4 Å². The van der Waals surface area contributed by atoms with Crippen LogP contribution >= 0.6 is 0 Å². The molecule has 2 heterocycles. The number of ether oxygens (including phenoxy) is 1. The van der Waals surface area contributed by atoms with Crippen LogP contribution in [0.5, 0.6) is 0 Å². The van der Waals surface area contributed by atoms with Gasteiger partial charge in [0.2, 0.25) is 0 Å². The van der Waals surface area contributed by atoms with Crippen LogP contribution < -0.4 is 0 Å². The number of hydrogen-bond acceptors (Lipinski definition) is 2. The van der Waals surface area contributed by atoms with E-state index in [4.69, 9.17) is 4.74 Å². The molecule has 0 atom stereocenters. The van der Waals surface area contributed by atoms with E-state index in [9.17, 15) is 4.79 Å². The highest BCUT2D eigenvalue weighted by Crippen LogP contribution is 2.22. The molecule has 1 aromatic carbocycles. The molecule has 0 saturated heterocycles. The monoisotopic (exact) mass is 225 g/mol. The second-order valence-electron chi connectivity index (χ2n) is 3.92. The van der Waals surface area contributed by atoms with Gasteiger partial charge in [-0.05, 0) is 17.5 Å². The number of methoxy groups -OCH3 is 1. The summed E-state index contributed by atoms with van der Waals surface area (Å²) >= 11 is 0. The van der Waals surface area contributed by atoms with Gasteiger partial charge in [0, 0.05) is 17.8 Å². The first-order chi connectivity index (χ1) is 8.29. The second-order valence-corrected chi connectivity index (χ2v) is 3.92. The van der Waals surface area contributed by atoms with Gasteiger partial charge >= 0.3 is 5.97 Å². The Morgan fingerprint density at radius 1 is 1.24 bits per heavy atom. The molecule has 0 spiro atoms. The maximum absolute atomic E-state index is 11.5. The van der Waals surface area contributed by atoms with E-state index in [0.29, 0.717) is 5.56 Å². The van der Waals surface area contributed by atoms with Crippen LogP contribution in [0.2, 0.25) is 0 Å². The molecule has 84 valence electrons. The summed E-state index contributed by atoms with van der Waals surface area (Å²) in [4.78, 5) is 11.5. The van der Waals surface area contributed by atoms with E-state index in [0.717, 1.165) is 16.3 Å². The van der Waals surface area contributed by atoms with Crippen LogP contribution in [0, 0.1) is 0 Å². The molecule has 3 heteroatoms. The minimum absolute atomic E-state index is 0.308. The van der Waals surface area contributed by atoms with Crippen LogP contribution in [0.25, 0.3) is 16.3 Å². The normalized spacial score (nSPS) is 10.9. The van der Waals surface area contributed by atoms with Gasteiger partial charge in [-0.25, -0.2) is 4.79 Å². The minimum Gasteiger partial charge on any atom is -0.465 e. The molecular weight excluding hydrogens is 214 g/mol. The molecule has 0 aliphatic heterocycles. The smallest absolute Gasteiger partial charge is 0.339 e. The Morgan fingerprint density at radius 3 is 2.88 bits per heavy atom. The number of hydrogen-bond donors (Lipinski definition) is 0. The Bertz CT molecular complexity index is 712. The van der Waals surface area contributed by atoms with Gasteiger partial charge in [0.15, 0.2) is 0 Å². The molecule has 3 rings (SSSR count). The molecule has 0 N–H and O–H groups in total. The zero-order valence-electron chi connectivity index (χ0n) is 9.38. The number of pyridine rings is 1. The lowest BCUT2D eigenvalue weighted by molar-refractivity contribution is 0.0601. The lowest BCUT2D eigenvalue weighted by Gasteiger charge is -2.00. The Hall–Kier alpha value is -2.29. The molecule has 0 unspecified atom stereocenters. The number of benzene rings is 1. The minimum atomic E-state index is -0.308. The van der Waals surface area contributed by atoms with Crippen molar-refractivity contribution in [3.8, 4) is 0 Å². The average molecular weight is 225 g/mol. The molecule has 3 aromatic rings. The van der Waals surface area contributed by atoms with Crippen molar-refractivity contribution >= 4 is 22.3 Å². The van der Waals surface area contributed by atoms with E-state index < -0.39 is 0 Å². The third kappa shape index (κ3) is 1.47. The van der Waals surface area contributed by atoms with Crippen LogP contribution in [0.3, 0.4) is 0 Å². The zero-order chi connectivity index (χ0) is 11.8. The molecule has 0 fully saturated rings. The summed E-state index contributed by atoms with van der Waals surface area (Å²) in [5.41, 5.74) is 1.59. The zero-order valence-corrected chi connectivity index (χ0v) is 9.38. The van der Waals surface area contributed by atoms with Gasteiger partial charge < -0.3 is 9.14 Å². The third-order valence-corrected chi connectivity index (χ3v) is 2.92. The van der Waals surface area contributed by atoms with Gasteiger partial charge in [0.25, 0.3) is 0 Å². The summed E-state index contributed by atoms with van der Waals surface area (Å²) in [6.07, 6.45) is 3.73. The molecule has 0 radical (unpaired) electrons. The van der Waals surface area contributed by atoms with Gasteiger partial charge in [0.05, 0.1) is 18.2 Å². The lowest BCUT2D eigenvalue weighted by Crippen LogP contribution is -1.98. The summed E-state index contributed by atoms with van der Waals surface area (Å²) in [7, 11) is 1.39. The number of nitrogens with zero attached hydrogens (tertiary/aromatic N) is 1. The third-order valence-electron chi connectivity index (χ3n) is 2.92. The quantitative estimate of drug-likeness (QED) is 0.596. The van der Waals surface area contributed by atoms with Crippen molar-refractivity contribution in [2.75, 3.05) is 7.11 Å². The summed E-state index contributed by atoms with van der Waals surface area (Å²) in [6, 6.07) is 12.0. The molecule has 0 aliphatic rings. The highest BCUT2D eigenvalue weighted by Gasteiger charge is 2.09. The molecular formula is C14H11NO2. The maximum Gasteiger partial charge on any atom is 0.339 e. The van der Waals surface area contributed by atoms with Crippen LogP contribution in [0.15, 0.2) is 48.8 Å². The van der Waals surface area contributed by atoms with Crippen LogP contribution in [-0.2, 0) is 4.74 Å². The fourth-order valence-corrected chi connectivity index (χ4v) is 2.08. The number of rotatable bonds is 1. The fourth-order valence-electron chi connectivity index (χ4n) is 2.08. The van der Waals surface area contributed by atoms with E-state index in [1.807, 2.05) is 40.9 Å². The summed E-state index contributed by atoms with van der Waals surface area (Å²) in [5, 5.41) is 2.29. The van der Waals surface area contributed by atoms with E-state index >= 15 is 0 Å². The maximum atomic E-state index is 11.5. The van der Waals surface area contributed by atoms with E-state index in [1.54, 1.807) is 6.20 Å². The second kappa shape index (κ2) is 3.63. The van der Waals surface area contributed by atoms with E-state index in [-0.39, 0.29) is 5.97 Å². The molecule has 0 bridgehead atoms. The van der Waals surface area contributed by atoms with Crippen molar-refractivity contribution < 1.29 is 9.53 Å². The Kier molecular flexibility index (Phi) is 2.11. The standard InChI is InChI=1S/C14H11NO2/c1-17-14(16)11-8-13-12-5-3-2-4-10(12)6-7-15(13)9-11/h2-9H,1H3. The number of fused-ring (bicyclic) bond motifs is 3. The molecule has 0 amide bonds. The number of esters is 1. The topological polar surface area (TPSA) is 30.7 Å². The van der Waals surface area contributed by atoms with Crippen molar-refractivity contribution in [2.45, 2.75) is 0 Å². The molecule has 3 nitrogen and oxygen atoms in total. The van der Waals surface area contributed by atoms with Gasteiger partial charge in [-0.1, -0.05) is 24.3 Å². The van der Waals surface area contributed by atoms with Gasteiger partial charge in [-0.15, -0.1) is 0 Å². The fraction of sp³-hybridized carbons (Fsp3) is 0.0714. The van der Waals surface area contributed by atoms with Gasteiger partial charge in [0.1, 0.15) is 0 Å². The van der Waals surface area contributed by atoms with Crippen molar-refractivity contribution in [3.63, 3.8) is 0 Å². The predicted molar refractivity (Wildman–Crippen MR) is 66.2 cm³/mol. The first-order valence-electron chi connectivity index (χ1n) is 5.37. The average Bonchev–Trinajstić information content (AvgIpc) is 2.82. The van der Waals surface area contributed by atoms with Crippen LogP contribution in [0.1, 0.15) is 10.4 Å². The Balaban J connectivity index is 2.35. The highest BCUT2D eigenvalue weighted by molar-refractivity contribution is 5.99.